The molecule has 0 radical (unpaired) electrons. The van der Waals surface area contributed by atoms with Gasteiger partial charge in [-0.2, -0.15) is 18.7 Å². The number of nitrogens with zero attached hydrogens (tertiary/aromatic N) is 6. The van der Waals surface area contributed by atoms with Crippen LogP contribution in [-0.2, 0) is 4.79 Å². The predicted molar refractivity (Wildman–Crippen MR) is 166 cm³/mol. The molecule has 3 saturated heterocycles. The van der Waals surface area contributed by atoms with E-state index in [0.29, 0.717) is 32.8 Å². The van der Waals surface area contributed by atoms with Crippen molar-refractivity contribution in [3.8, 4) is 22.9 Å². The Bertz CT molecular complexity index is 1840. The minimum absolute atomic E-state index is 0.00952. The minimum atomic E-state index is -3.30. The summed E-state index contributed by atoms with van der Waals surface area (Å²) in [7, 11) is 0. The second kappa shape index (κ2) is 11.8. The quantitative estimate of drug-likeness (QED) is 0.202. The Morgan fingerprint density at radius 2 is 1.80 bits per heavy atom. The van der Waals surface area contributed by atoms with Crippen LogP contribution < -0.4 is 20.1 Å². The maximum Gasteiger partial charge on any atom is 0.387 e. The lowest BCUT2D eigenvalue weighted by molar-refractivity contribution is -0.126. The summed E-state index contributed by atoms with van der Waals surface area (Å²) < 4.78 is 70.3. The fraction of sp³-hybridized carbons (Fsp3) is 0.419. The summed E-state index contributed by atoms with van der Waals surface area (Å²) >= 11 is 0.860. The van der Waals surface area contributed by atoms with Crippen molar-refractivity contribution in [1.29, 1.82) is 0 Å². The summed E-state index contributed by atoms with van der Waals surface area (Å²) in [5.41, 5.74) is 5.19. The monoisotopic (exact) mass is 657 g/mol. The molecule has 2 aromatic carbocycles. The third kappa shape index (κ3) is 5.24. The van der Waals surface area contributed by atoms with Gasteiger partial charge < -0.3 is 25.0 Å². The zero-order valence-corrected chi connectivity index (χ0v) is 25.6. The molecule has 0 aliphatic carbocycles. The molecule has 242 valence electrons. The number of ether oxygens (including phenoxy) is 2. The molecule has 2 N–H and O–H groups in total. The summed E-state index contributed by atoms with van der Waals surface area (Å²) in [4.78, 5) is 31.4. The van der Waals surface area contributed by atoms with Crippen LogP contribution >= 0.6 is 11.3 Å². The van der Waals surface area contributed by atoms with E-state index in [1.54, 1.807) is 4.90 Å². The summed E-state index contributed by atoms with van der Waals surface area (Å²) in [6.45, 7) is 3.87. The highest BCUT2D eigenvalue weighted by atomic mass is 32.1. The number of anilines is 2. The van der Waals surface area contributed by atoms with Gasteiger partial charge in [-0.3, -0.25) is 9.69 Å². The first kappa shape index (κ1) is 30.4. The number of nitrogens with two attached hydrogens (primary N) is 1. The van der Waals surface area contributed by atoms with Crippen LogP contribution in [0.15, 0.2) is 30.9 Å². The highest BCUT2D eigenvalue weighted by Gasteiger charge is 2.45. The normalized spacial score (nSPS) is 18.1. The molecule has 10 nitrogen and oxygen atoms in total. The number of carbonyl (C=O) groups is 1. The van der Waals surface area contributed by atoms with Crippen molar-refractivity contribution in [2.24, 2.45) is 0 Å². The number of piperazine rings is 1. The molecule has 0 unspecified atom stereocenters. The van der Waals surface area contributed by atoms with Gasteiger partial charge in [-0.05, 0) is 63.0 Å². The highest BCUT2D eigenvalue weighted by Crippen LogP contribution is 2.45. The zero-order chi connectivity index (χ0) is 32.2. The number of alkyl halides is 2. The number of fused-ring (bicyclic) bond motifs is 3. The van der Waals surface area contributed by atoms with E-state index in [4.69, 9.17) is 15.2 Å². The average molecular weight is 658 g/mol. The van der Waals surface area contributed by atoms with Crippen molar-refractivity contribution in [3.63, 3.8) is 0 Å². The van der Waals surface area contributed by atoms with Crippen molar-refractivity contribution in [3.05, 3.63) is 42.5 Å². The van der Waals surface area contributed by atoms with Crippen LogP contribution in [0.4, 0.5) is 28.5 Å². The molecule has 1 amide bonds. The molecule has 0 atom stereocenters. The number of benzene rings is 2. The van der Waals surface area contributed by atoms with E-state index in [1.807, 2.05) is 4.90 Å². The molecule has 15 heteroatoms. The Kier molecular flexibility index (Phi) is 7.83. The maximum atomic E-state index is 16.9. The molecular formula is C31H31F4N7O3S. The first-order chi connectivity index (χ1) is 22.2. The van der Waals surface area contributed by atoms with E-state index in [-0.39, 0.29) is 60.7 Å². The summed E-state index contributed by atoms with van der Waals surface area (Å²) in [5.74, 6) is -2.07. The number of rotatable bonds is 8. The maximum absolute atomic E-state index is 16.9. The van der Waals surface area contributed by atoms with Crippen molar-refractivity contribution in [2.45, 2.75) is 37.8 Å². The van der Waals surface area contributed by atoms with Crippen LogP contribution in [-0.4, -0.2) is 88.7 Å². The molecule has 0 bridgehead atoms. The highest BCUT2D eigenvalue weighted by molar-refractivity contribution is 7.22. The molecular weight excluding hydrogens is 626 g/mol. The Hall–Kier alpha value is -4.24. The van der Waals surface area contributed by atoms with Crippen LogP contribution in [0.2, 0.25) is 0 Å². The van der Waals surface area contributed by atoms with E-state index in [2.05, 4.69) is 26.4 Å². The average Bonchev–Trinajstić information content (AvgIpc) is 3.75. The zero-order valence-electron chi connectivity index (χ0n) is 24.8. The SMILES string of the molecule is C=CC(=O)N1CCN(c2nc(OCC34CCCN3CCC4)nc3c(F)c(-c4ccc(F)c5sc(N)nc45)c(OC(F)F)cc23)CC1. The lowest BCUT2D eigenvalue weighted by Gasteiger charge is -2.35. The number of halogens is 4. The van der Waals surface area contributed by atoms with E-state index in [1.165, 1.54) is 18.2 Å². The van der Waals surface area contributed by atoms with E-state index in [9.17, 15) is 18.0 Å². The van der Waals surface area contributed by atoms with E-state index in [0.717, 1.165) is 56.2 Å². The second-order valence-electron chi connectivity index (χ2n) is 11.7. The molecule has 4 aromatic rings. The second-order valence-corrected chi connectivity index (χ2v) is 12.7. The van der Waals surface area contributed by atoms with Gasteiger partial charge in [0, 0.05) is 37.1 Å². The van der Waals surface area contributed by atoms with E-state index >= 15 is 4.39 Å². The fourth-order valence-corrected chi connectivity index (χ4v) is 7.80. The van der Waals surface area contributed by atoms with Crippen LogP contribution in [0.25, 0.3) is 32.2 Å². The molecule has 5 heterocycles. The largest absolute Gasteiger partial charge is 0.461 e. The van der Waals surface area contributed by atoms with Crippen LogP contribution in [0.1, 0.15) is 25.7 Å². The smallest absolute Gasteiger partial charge is 0.387 e. The number of carbonyl (C=O) groups excluding carboxylic acids is 1. The van der Waals surface area contributed by atoms with Gasteiger partial charge in [0.15, 0.2) is 10.9 Å². The molecule has 3 fully saturated rings. The topological polar surface area (TPSA) is 110 Å². The number of thiazole rings is 1. The van der Waals surface area contributed by atoms with Gasteiger partial charge in [0.25, 0.3) is 0 Å². The van der Waals surface area contributed by atoms with Crippen LogP contribution in [0.5, 0.6) is 11.8 Å². The van der Waals surface area contributed by atoms with Gasteiger partial charge in [-0.1, -0.05) is 17.9 Å². The number of hydrogen-bond acceptors (Lipinski definition) is 10. The van der Waals surface area contributed by atoms with Gasteiger partial charge in [0.1, 0.15) is 29.5 Å². The lowest BCUT2D eigenvalue weighted by atomic mass is 9.95. The van der Waals surface area contributed by atoms with Gasteiger partial charge in [-0.25, -0.2) is 13.8 Å². The van der Waals surface area contributed by atoms with Crippen molar-refractivity contribution >= 4 is 49.3 Å². The molecule has 3 aliphatic rings. The van der Waals surface area contributed by atoms with Crippen molar-refractivity contribution < 1.29 is 31.8 Å². The van der Waals surface area contributed by atoms with Crippen molar-refractivity contribution in [1.82, 2.24) is 24.8 Å². The Balaban J connectivity index is 1.38. The summed E-state index contributed by atoms with van der Waals surface area (Å²) in [5, 5.41) is 0.144. The molecule has 46 heavy (non-hydrogen) atoms. The third-order valence-electron chi connectivity index (χ3n) is 9.20. The molecule has 2 aromatic heterocycles. The summed E-state index contributed by atoms with van der Waals surface area (Å²) in [6.07, 6.45) is 5.29. The lowest BCUT2D eigenvalue weighted by Crippen LogP contribution is -2.48. The van der Waals surface area contributed by atoms with Crippen LogP contribution in [0.3, 0.4) is 0 Å². The Labute approximate surface area is 265 Å². The number of hydrogen-bond donors (Lipinski definition) is 1. The van der Waals surface area contributed by atoms with Gasteiger partial charge in [0.05, 0.1) is 21.3 Å². The Morgan fingerprint density at radius 3 is 2.50 bits per heavy atom. The minimum Gasteiger partial charge on any atom is -0.461 e. The molecule has 3 aliphatic heterocycles. The number of amides is 1. The third-order valence-corrected chi connectivity index (χ3v) is 10.1. The first-order valence-corrected chi connectivity index (χ1v) is 15.9. The molecule has 0 saturated carbocycles. The standard InChI is InChI=1S/C31H31F4N7O3S/c1-2-21(43)40-11-13-41(14-12-40)27-18-15-20(45-28(34)35)22(17-5-6-19(32)26-25(17)37-29(36)46-26)23(33)24(18)38-30(39-27)44-16-31-7-3-9-42(31)10-4-8-31/h2,5-6,15,28H,1,3-4,7-14,16H2,(H2,36,37). The first-order valence-electron chi connectivity index (χ1n) is 15.1. The number of nitrogen functional groups attached to an aromatic ring is 1. The van der Waals surface area contributed by atoms with E-state index < -0.39 is 24.0 Å². The fourth-order valence-electron chi connectivity index (χ4n) is 7.03. The predicted octanol–water partition coefficient (Wildman–Crippen LogP) is 5.21. The number of aromatic nitrogens is 3. The van der Waals surface area contributed by atoms with Crippen molar-refractivity contribution in [2.75, 3.05) is 56.5 Å². The summed E-state index contributed by atoms with van der Waals surface area (Å²) in [6, 6.07) is 3.56. The molecule has 0 spiro atoms. The molecule has 7 rings (SSSR count). The van der Waals surface area contributed by atoms with Crippen LogP contribution in [0, 0.1) is 11.6 Å². The van der Waals surface area contributed by atoms with Gasteiger partial charge >= 0.3 is 12.6 Å². The van der Waals surface area contributed by atoms with Gasteiger partial charge in [-0.15, -0.1) is 0 Å². The van der Waals surface area contributed by atoms with Gasteiger partial charge in [0.2, 0.25) is 5.91 Å². The Morgan fingerprint density at radius 1 is 1.07 bits per heavy atom.